The van der Waals surface area contributed by atoms with Crippen LogP contribution in [0.25, 0.3) is 0 Å². The largest absolute Gasteiger partial charge is 0.478 e. The van der Waals surface area contributed by atoms with E-state index in [4.69, 9.17) is 23.7 Å². The second-order valence-electron chi connectivity index (χ2n) is 9.78. The molecule has 200 valence electrons. The second kappa shape index (κ2) is 9.79. The zero-order valence-electron chi connectivity index (χ0n) is 18.9. The number of rotatable bonds is 7. The summed E-state index contributed by atoms with van der Waals surface area (Å²) in [5.74, 6) is -2.58. The molecule has 0 aromatic carbocycles. The van der Waals surface area contributed by atoms with Crippen LogP contribution in [-0.2, 0) is 28.5 Å². The highest BCUT2D eigenvalue weighted by molar-refractivity contribution is 5.87. The van der Waals surface area contributed by atoms with Gasteiger partial charge in [0.15, 0.2) is 12.6 Å². The van der Waals surface area contributed by atoms with Gasteiger partial charge in [0.1, 0.15) is 36.1 Å². The Labute approximate surface area is 199 Å². The Kier molecular flexibility index (Phi) is 7.45. The fraction of sp³-hybridized carbons (Fsp3) is 0.857. The third-order valence-electron chi connectivity index (χ3n) is 7.32. The third-order valence-corrected chi connectivity index (χ3v) is 7.32. The number of aliphatic hydroxyl groups excluding tert-OH is 5. The fourth-order valence-electron chi connectivity index (χ4n) is 5.12. The van der Waals surface area contributed by atoms with E-state index in [1.807, 2.05) is 0 Å². The molecule has 3 heterocycles. The summed E-state index contributed by atoms with van der Waals surface area (Å²) in [5.41, 5.74) is -3.28. The van der Waals surface area contributed by atoms with Gasteiger partial charge in [-0.1, -0.05) is 0 Å². The minimum absolute atomic E-state index is 0.0163. The topological polar surface area (TPSA) is 225 Å². The molecule has 4 rings (SSSR count). The molecule has 1 unspecified atom stereocenters. The van der Waals surface area contributed by atoms with Gasteiger partial charge in [0.25, 0.3) is 0 Å². The zero-order valence-corrected chi connectivity index (χ0v) is 18.9. The quantitative estimate of drug-likeness (QED) is 0.166. The zero-order chi connectivity index (χ0) is 25.7. The molecule has 0 bridgehead atoms. The molecule has 12 atom stereocenters. The lowest BCUT2D eigenvalue weighted by Gasteiger charge is -2.44. The van der Waals surface area contributed by atoms with E-state index in [2.05, 4.69) is 0 Å². The van der Waals surface area contributed by atoms with Gasteiger partial charge in [0.05, 0.1) is 43.2 Å². The van der Waals surface area contributed by atoms with Crippen LogP contribution in [0, 0.1) is 11.8 Å². The molecule has 3 aliphatic heterocycles. The lowest BCUT2D eigenvalue weighted by Crippen LogP contribution is -2.61. The summed E-state index contributed by atoms with van der Waals surface area (Å²) < 4.78 is 27.3. The Morgan fingerprint density at radius 3 is 2.46 bits per heavy atom. The van der Waals surface area contributed by atoms with Crippen molar-refractivity contribution in [2.24, 2.45) is 11.8 Å². The molecule has 0 aromatic rings. The summed E-state index contributed by atoms with van der Waals surface area (Å²) >= 11 is 0. The van der Waals surface area contributed by atoms with Gasteiger partial charge in [-0.25, -0.2) is 4.79 Å². The molecule has 0 radical (unpaired) electrons. The number of carboxylic acids is 1. The number of ether oxygens (including phenoxy) is 5. The van der Waals surface area contributed by atoms with E-state index in [0.717, 1.165) is 6.26 Å². The van der Waals surface area contributed by atoms with Gasteiger partial charge in [-0.15, -0.1) is 0 Å². The third kappa shape index (κ3) is 4.81. The molecule has 14 nitrogen and oxygen atoms in total. The highest BCUT2D eigenvalue weighted by atomic mass is 16.8. The van der Waals surface area contributed by atoms with E-state index in [-0.39, 0.29) is 12.0 Å². The first-order chi connectivity index (χ1) is 16.4. The van der Waals surface area contributed by atoms with Crippen molar-refractivity contribution >= 4 is 5.97 Å². The molecule has 8 N–H and O–H groups in total. The van der Waals surface area contributed by atoms with Gasteiger partial charge in [0.2, 0.25) is 6.29 Å². The predicted octanol–water partition coefficient (Wildman–Crippen LogP) is -3.63. The Balaban J connectivity index is 1.44. The standard InChI is InChI=1S/C21H32O14/c1-20(29)3-2-8-9(16(27)28)4-31-17(11(8)20)35-18-14(25)13(24)12(23)10(34-18)5-32-19-15(26)21(30,6-22)7-33-19/h4,8,10-15,17-19,22-26,29-30H,2-3,5-7H2,1H3,(H,27,28)/t8-,10-,11-,12-,13-,14-,15+,17+,18+,19-,20+,21?/m1/s1. The van der Waals surface area contributed by atoms with Crippen LogP contribution in [0.5, 0.6) is 0 Å². The highest BCUT2D eigenvalue weighted by Crippen LogP contribution is 2.49. The fourth-order valence-corrected chi connectivity index (χ4v) is 5.12. The lowest BCUT2D eigenvalue weighted by atomic mass is 9.81. The average Bonchev–Trinajstić information content (AvgIpc) is 3.29. The summed E-state index contributed by atoms with van der Waals surface area (Å²) in [5, 5.41) is 80.8. The predicted molar refractivity (Wildman–Crippen MR) is 109 cm³/mol. The Morgan fingerprint density at radius 2 is 1.83 bits per heavy atom. The monoisotopic (exact) mass is 508 g/mol. The molecule has 1 aliphatic carbocycles. The van der Waals surface area contributed by atoms with E-state index in [0.29, 0.717) is 6.42 Å². The normalized spacial score (nSPS) is 49.9. The number of carbonyl (C=O) groups is 1. The Hall–Kier alpha value is -1.43. The van der Waals surface area contributed by atoms with Crippen molar-refractivity contribution in [1.82, 2.24) is 0 Å². The average molecular weight is 508 g/mol. The Morgan fingerprint density at radius 1 is 1.11 bits per heavy atom. The maximum atomic E-state index is 11.6. The van der Waals surface area contributed by atoms with Gasteiger partial charge >= 0.3 is 5.97 Å². The number of hydrogen-bond acceptors (Lipinski definition) is 13. The van der Waals surface area contributed by atoms with Gasteiger partial charge in [0, 0.05) is 5.92 Å². The minimum atomic E-state index is -1.92. The van der Waals surface area contributed by atoms with Gasteiger partial charge in [-0.05, 0) is 19.8 Å². The lowest BCUT2D eigenvalue weighted by molar-refractivity contribution is -0.350. The molecule has 0 amide bonds. The number of carboxylic acid groups (broad SMARTS) is 1. The van der Waals surface area contributed by atoms with Crippen molar-refractivity contribution < 1.29 is 69.3 Å². The van der Waals surface area contributed by atoms with Crippen molar-refractivity contribution in [2.75, 3.05) is 19.8 Å². The van der Waals surface area contributed by atoms with Crippen LogP contribution in [-0.4, -0.2) is 127 Å². The minimum Gasteiger partial charge on any atom is -0.478 e. The summed E-state index contributed by atoms with van der Waals surface area (Å²) in [6.07, 6.45) is -10.5. The van der Waals surface area contributed by atoms with Crippen LogP contribution in [0.2, 0.25) is 0 Å². The van der Waals surface area contributed by atoms with Crippen LogP contribution in [0.15, 0.2) is 11.8 Å². The molecular formula is C21H32O14. The molecule has 3 fully saturated rings. The first-order valence-electron chi connectivity index (χ1n) is 11.3. The smallest absolute Gasteiger partial charge is 0.334 e. The van der Waals surface area contributed by atoms with Crippen molar-refractivity contribution in [3.05, 3.63) is 11.8 Å². The van der Waals surface area contributed by atoms with Crippen LogP contribution in [0.4, 0.5) is 0 Å². The van der Waals surface area contributed by atoms with Crippen LogP contribution >= 0.6 is 0 Å². The van der Waals surface area contributed by atoms with E-state index in [9.17, 15) is 45.6 Å². The van der Waals surface area contributed by atoms with Crippen molar-refractivity contribution in [3.8, 4) is 0 Å². The summed E-state index contributed by atoms with van der Waals surface area (Å²) in [6, 6.07) is 0. The highest BCUT2D eigenvalue weighted by Gasteiger charge is 2.56. The number of aliphatic hydroxyl groups is 7. The van der Waals surface area contributed by atoms with Crippen LogP contribution < -0.4 is 0 Å². The molecule has 0 aromatic heterocycles. The van der Waals surface area contributed by atoms with E-state index in [1.165, 1.54) is 6.92 Å². The van der Waals surface area contributed by atoms with Crippen molar-refractivity contribution in [3.63, 3.8) is 0 Å². The molecule has 2 saturated heterocycles. The summed E-state index contributed by atoms with van der Waals surface area (Å²) in [7, 11) is 0. The van der Waals surface area contributed by atoms with Gasteiger partial charge in [-0.2, -0.15) is 0 Å². The van der Waals surface area contributed by atoms with Crippen LogP contribution in [0.1, 0.15) is 19.8 Å². The maximum absolute atomic E-state index is 11.6. The first-order valence-corrected chi connectivity index (χ1v) is 11.3. The number of fused-ring (bicyclic) bond motifs is 1. The van der Waals surface area contributed by atoms with E-state index in [1.54, 1.807) is 0 Å². The SMILES string of the molecule is C[C@]1(O)CC[C@@H]2C(C(=O)O)=CO[C@@H](O[C@@H]3O[C@H](CO[C@@H]4OCC(O)(CO)[C@H]4O)[C@@H](O)[C@@H](O)[C@H]3O)[C@@H]21. The summed E-state index contributed by atoms with van der Waals surface area (Å²) in [6.45, 7) is -0.116. The van der Waals surface area contributed by atoms with Gasteiger partial charge in [-0.3, -0.25) is 0 Å². The van der Waals surface area contributed by atoms with Crippen LogP contribution in [0.3, 0.4) is 0 Å². The maximum Gasteiger partial charge on any atom is 0.334 e. The number of aliphatic carboxylic acids is 1. The van der Waals surface area contributed by atoms with E-state index >= 15 is 0 Å². The molecular weight excluding hydrogens is 476 g/mol. The first kappa shape index (κ1) is 26.6. The Bertz CT molecular complexity index is 818. The molecule has 14 heteroatoms. The van der Waals surface area contributed by atoms with Gasteiger partial charge < -0.3 is 64.5 Å². The molecule has 4 aliphatic rings. The second-order valence-corrected chi connectivity index (χ2v) is 9.78. The molecule has 1 saturated carbocycles. The van der Waals surface area contributed by atoms with Crippen molar-refractivity contribution in [1.29, 1.82) is 0 Å². The van der Waals surface area contributed by atoms with Crippen molar-refractivity contribution in [2.45, 2.75) is 80.4 Å². The number of hydrogen-bond donors (Lipinski definition) is 8. The summed E-state index contributed by atoms with van der Waals surface area (Å²) in [4.78, 5) is 11.6. The molecule has 35 heavy (non-hydrogen) atoms. The molecule has 0 spiro atoms. The van der Waals surface area contributed by atoms with E-state index < -0.39 is 98.2 Å².